The van der Waals surface area contributed by atoms with Gasteiger partial charge in [-0.05, 0) is 37.3 Å². The Balaban J connectivity index is 2.36. The van der Waals surface area contributed by atoms with Crippen LogP contribution in [0.25, 0.3) is 0 Å². The topological polar surface area (TPSA) is 0 Å². The molecule has 0 saturated heterocycles. The summed E-state index contributed by atoms with van der Waals surface area (Å²) in [6.45, 7) is 0. The van der Waals surface area contributed by atoms with Crippen molar-refractivity contribution in [2.45, 2.75) is 31.9 Å². The fourth-order valence-electron chi connectivity index (χ4n) is 1.63. The highest BCUT2D eigenvalue weighted by atomic mass is 32.1. The Morgan fingerprint density at radius 1 is 1.15 bits per heavy atom. The number of aryl methyl sites for hydroxylation is 2. The van der Waals surface area contributed by atoms with E-state index in [1.165, 1.54) is 6.07 Å². The van der Waals surface area contributed by atoms with E-state index in [2.05, 4.69) is 0 Å². The summed E-state index contributed by atoms with van der Waals surface area (Å²) >= 11 is 0.917. The maximum Gasteiger partial charge on any atom is 0.425 e. The molecule has 0 aromatic carbocycles. The normalized spacial score (nSPS) is 17.2. The Morgan fingerprint density at radius 3 is 2.46 bits per heavy atom. The number of halogens is 3. The molecule has 2 rings (SSSR count). The molecular formula is C9H9F3S. The third-order valence-corrected chi connectivity index (χ3v) is 3.56. The van der Waals surface area contributed by atoms with Crippen LogP contribution < -0.4 is 0 Å². The van der Waals surface area contributed by atoms with Gasteiger partial charge in [0.15, 0.2) is 0 Å². The molecule has 0 saturated carbocycles. The van der Waals surface area contributed by atoms with Crippen LogP contribution in [0.4, 0.5) is 13.2 Å². The van der Waals surface area contributed by atoms with Crippen LogP contribution in [0.2, 0.25) is 0 Å². The lowest BCUT2D eigenvalue weighted by Gasteiger charge is -2.08. The lowest BCUT2D eigenvalue weighted by molar-refractivity contribution is -0.134. The Bertz CT molecular complexity index is 288. The molecule has 1 aliphatic carbocycles. The van der Waals surface area contributed by atoms with E-state index in [4.69, 9.17) is 0 Å². The predicted octanol–water partition coefficient (Wildman–Crippen LogP) is 3.65. The summed E-state index contributed by atoms with van der Waals surface area (Å²) in [5.41, 5.74) is 0.920. The predicted molar refractivity (Wildman–Crippen MR) is 46.0 cm³/mol. The van der Waals surface area contributed by atoms with Crippen molar-refractivity contribution >= 4 is 11.3 Å². The number of alkyl halides is 3. The first kappa shape index (κ1) is 9.06. The Labute approximate surface area is 78.4 Å². The van der Waals surface area contributed by atoms with Crippen molar-refractivity contribution < 1.29 is 13.2 Å². The van der Waals surface area contributed by atoms with E-state index in [0.717, 1.165) is 47.5 Å². The quantitative estimate of drug-likeness (QED) is 0.607. The molecule has 1 aromatic rings. The lowest BCUT2D eigenvalue weighted by Crippen LogP contribution is -2.00. The van der Waals surface area contributed by atoms with Gasteiger partial charge >= 0.3 is 6.18 Å². The number of hydrogen-bond acceptors (Lipinski definition) is 1. The molecule has 0 bridgehead atoms. The van der Waals surface area contributed by atoms with E-state index in [0.29, 0.717) is 0 Å². The van der Waals surface area contributed by atoms with Gasteiger partial charge in [0.2, 0.25) is 0 Å². The van der Waals surface area contributed by atoms with Gasteiger partial charge < -0.3 is 0 Å². The maximum atomic E-state index is 12.3. The summed E-state index contributed by atoms with van der Waals surface area (Å²) < 4.78 is 36.9. The van der Waals surface area contributed by atoms with Gasteiger partial charge in [0, 0.05) is 4.88 Å². The minimum atomic E-state index is -4.15. The minimum absolute atomic E-state index is 0.431. The van der Waals surface area contributed by atoms with Crippen molar-refractivity contribution in [2.75, 3.05) is 0 Å². The van der Waals surface area contributed by atoms with Crippen molar-refractivity contribution in [2.24, 2.45) is 0 Å². The third kappa shape index (κ3) is 1.73. The summed E-state index contributed by atoms with van der Waals surface area (Å²) in [6.07, 6.45) is -0.439. The number of rotatable bonds is 0. The fraction of sp³-hybridized carbons (Fsp3) is 0.556. The van der Waals surface area contributed by atoms with Crippen molar-refractivity contribution in [1.29, 1.82) is 0 Å². The van der Waals surface area contributed by atoms with Crippen LogP contribution >= 0.6 is 11.3 Å². The molecule has 0 nitrogen and oxygen atoms in total. The first-order valence-electron chi connectivity index (χ1n) is 4.26. The molecule has 1 aromatic heterocycles. The van der Waals surface area contributed by atoms with Crippen molar-refractivity contribution in [3.63, 3.8) is 0 Å². The number of hydrogen-bond donors (Lipinski definition) is 0. The van der Waals surface area contributed by atoms with Gasteiger partial charge in [0.05, 0.1) is 0 Å². The Hall–Kier alpha value is -0.510. The van der Waals surface area contributed by atoms with E-state index in [1.54, 1.807) is 0 Å². The van der Waals surface area contributed by atoms with Crippen LogP contribution in [0.1, 0.15) is 28.2 Å². The summed E-state index contributed by atoms with van der Waals surface area (Å²) in [4.78, 5) is 0.512. The van der Waals surface area contributed by atoms with E-state index in [9.17, 15) is 13.2 Å². The van der Waals surface area contributed by atoms with Gasteiger partial charge in [-0.1, -0.05) is 0 Å². The zero-order valence-corrected chi connectivity index (χ0v) is 7.76. The average Bonchev–Trinajstić information content (AvgIpc) is 2.45. The van der Waals surface area contributed by atoms with Gasteiger partial charge in [-0.2, -0.15) is 13.2 Å². The largest absolute Gasteiger partial charge is 0.425 e. The molecule has 0 unspecified atom stereocenters. The molecule has 0 N–H and O–H groups in total. The molecule has 1 aliphatic rings. The second-order valence-corrected chi connectivity index (χ2v) is 4.40. The van der Waals surface area contributed by atoms with Gasteiger partial charge in [-0.15, -0.1) is 11.3 Å². The summed E-state index contributed by atoms with van der Waals surface area (Å²) in [5, 5.41) is 0. The average molecular weight is 206 g/mol. The number of fused-ring (bicyclic) bond motifs is 1. The van der Waals surface area contributed by atoms with Gasteiger partial charge in [-0.3, -0.25) is 0 Å². The highest BCUT2D eigenvalue weighted by molar-refractivity contribution is 7.12. The smallest absolute Gasteiger partial charge is 0.165 e. The molecule has 72 valence electrons. The molecular weight excluding hydrogens is 197 g/mol. The zero-order chi connectivity index (χ0) is 9.47. The Morgan fingerprint density at radius 2 is 1.85 bits per heavy atom. The van der Waals surface area contributed by atoms with Crippen molar-refractivity contribution in [3.8, 4) is 0 Å². The molecule has 0 spiro atoms. The standard InChI is InChI=1S/C9H9F3S/c10-9(11,12)8-5-6-3-1-2-4-7(6)13-8/h5H,1-4H2. The van der Waals surface area contributed by atoms with Gasteiger partial charge in [0.1, 0.15) is 4.88 Å². The fourth-order valence-corrected chi connectivity index (χ4v) is 2.75. The maximum absolute atomic E-state index is 12.3. The highest BCUT2D eigenvalue weighted by Gasteiger charge is 2.33. The van der Waals surface area contributed by atoms with Gasteiger partial charge in [0.25, 0.3) is 0 Å². The molecule has 0 fully saturated rings. The van der Waals surface area contributed by atoms with Crippen LogP contribution in [-0.2, 0) is 19.0 Å². The first-order valence-corrected chi connectivity index (χ1v) is 5.08. The summed E-state index contributed by atoms with van der Waals surface area (Å²) in [6, 6.07) is 1.32. The molecule has 4 heteroatoms. The van der Waals surface area contributed by atoms with Crippen LogP contribution in [-0.4, -0.2) is 0 Å². The molecule has 0 atom stereocenters. The molecule has 0 amide bonds. The monoisotopic (exact) mass is 206 g/mol. The molecule has 13 heavy (non-hydrogen) atoms. The van der Waals surface area contributed by atoms with E-state index in [1.807, 2.05) is 0 Å². The highest BCUT2D eigenvalue weighted by Crippen LogP contribution is 2.39. The lowest BCUT2D eigenvalue weighted by atomic mass is 9.99. The van der Waals surface area contributed by atoms with Crippen LogP contribution in [0.5, 0.6) is 0 Å². The molecule has 1 heterocycles. The SMILES string of the molecule is FC(F)(F)c1cc2c(s1)CCCC2. The zero-order valence-electron chi connectivity index (χ0n) is 6.95. The minimum Gasteiger partial charge on any atom is -0.165 e. The summed E-state index contributed by atoms with van der Waals surface area (Å²) in [5.74, 6) is 0. The van der Waals surface area contributed by atoms with E-state index in [-0.39, 0.29) is 0 Å². The summed E-state index contributed by atoms with van der Waals surface area (Å²) in [7, 11) is 0. The van der Waals surface area contributed by atoms with Crippen LogP contribution in [0, 0.1) is 0 Å². The molecule has 0 aliphatic heterocycles. The number of thiophene rings is 1. The van der Waals surface area contributed by atoms with E-state index >= 15 is 0 Å². The first-order chi connectivity index (χ1) is 6.07. The van der Waals surface area contributed by atoms with E-state index < -0.39 is 11.1 Å². The van der Waals surface area contributed by atoms with Crippen LogP contribution in [0.15, 0.2) is 6.07 Å². The third-order valence-electron chi connectivity index (χ3n) is 2.28. The second-order valence-electron chi connectivity index (χ2n) is 3.26. The van der Waals surface area contributed by atoms with Crippen molar-refractivity contribution in [3.05, 3.63) is 21.4 Å². The second kappa shape index (κ2) is 3.01. The van der Waals surface area contributed by atoms with Crippen molar-refractivity contribution in [1.82, 2.24) is 0 Å². The van der Waals surface area contributed by atoms with Crippen LogP contribution in [0.3, 0.4) is 0 Å². The van der Waals surface area contributed by atoms with Gasteiger partial charge in [-0.25, -0.2) is 0 Å². The molecule has 0 radical (unpaired) electrons. The Kier molecular flexibility index (Phi) is 2.10.